The monoisotopic (exact) mass is 690 g/mol. The first-order chi connectivity index (χ1) is 22.4. The molecule has 49 heavy (non-hydrogen) atoms. The maximum Gasteiger partial charge on any atom is 0.334 e. The molecule has 0 bridgehead atoms. The third kappa shape index (κ3) is 8.90. The van der Waals surface area contributed by atoms with Crippen molar-refractivity contribution in [1.29, 1.82) is 0 Å². The van der Waals surface area contributed by atoms with Crippen molar-refractivity contribution in [3.05, 3.63) is 36.0 Å². The van der Waals surface area contributed by atoms with Gasteiger partial charge in [0.05, 0.1) is 5.92 Å². The van der Waals surface area contributed by atoms with Crippen LogP contribution in [-0.4, -0.2) is 83.0 Å². The molecule has 2 rings (SSSR count). The minimum absolute atomic E-state index is 0.104. The van der Waals surface area contributed by atoms with E-state index >= 15 is 0 Å². The summed E-state index contributed by atoms with van der Waals surface area (Å²) in [6.45, 7) is 17.9. The van der Waals surface area contributed by atoms with E-state index in [1.165, 1.54) is 52.8 Å². The van der Waals surface area contributed by atoms with Gasteiger partial charge in [0.25, 0.3) is 0 Å². The SMILES string of the molecule is C=C1C(OC(C)=O)[C@H]2[C@@H](OC(C)=O)[C@](C)(OC(C)=O)C[C@]2(OC(C)=O)C(=O)[C@H](C)/C=C/C(C)(C)C(=O)[C@H](OC(=O)/C(C)=C/C)[C@H]1OC(C)=O. The molecule has 270 valence electrons. The standard InChI is InChI=1S/C35H46O14/c1-13-17(2)32(43)47-28-27(45-21(6)37)19(4)26(44-20(5)36)25-31(46-22(7)38)34(12,48-23(8)39)16-35(25,49-24(9)40)29(41)18(3)14-15-33(10,11)30(28)42/h13-15,18,25-28,31H,4,16H2,1-3,5-12H3/b15-14+,17-13+/t18-,25+,26?,27+,28-,31-,34-,35-/m1/s1. The number of rotatable bonds is 7. The molecule has 2 aliphatic rings. The van der Waals surface area contributed by atoms with E-state index in [1.54, 1.807) is 6.92 Å². The van der Waals surface area contributed by atoms with E-state index < -0.39 is 112 Å². The van der Waals surface area contributed by atoms with E-state index in [4.69, 9.17) is 28.4 Å². The maximum atomic E-state index is 14.7. The Morgan fingerprint density at radius 1 is 0.735 bits per heavy atom. The molecule has 1 fully saturated rings. The third-order valence-electron chi connectivity index (χ3n) is 8.51. The smallest absolute Gasteiger partial charge is 0.334 e. The third-order valence-corrected chi connectivity index (χ3v) is 8.51. The number of fused-ring (bicyclic) bond motifs is 1. The lowest BCUT2D eigenvalue weighted by Gasteiger charge is -2.42. The first kappa shape index (κ1) is 40.6. The van der Waals surface area contributed by atoms with Crippen LogP contribution in [0.5, 0.6) is 0 Å². The molecule has 0 aliphatic heterocycles. The Hall–Kier alpha value is -4.62. The lowest BCUT2D eigenvalue weighted by molar-refractivity contribution is -0.191. The number of hydrogen-bond donors (Lipinski definition) is 0. The fraction of sp³-hybridized carbons (Fsp3) is 0.600. The molecule has 0 N–H and O–H groups in total. The van der Waals surface area contributed by atoms with Crippen molar-refractivity contribution in [2.75, 3.05) is 0 Å². The summed E-state index contributed by atoms with van der Waals surface area (Å²) < 4.78 is 34.3. The molecule has 14 nitrogen and oxygen atoms in total. The van der Waals surface area contributed by atoms with E-state index in [2.05, 4.69) is 6.58 Å². The van der Waals surface area contributed by atoms with E-state index in [1.807, 2.05) is 0 Å². The molecule has 0 amide bonds. The zero-order valence-corrected chi connectivity index (χ0v) is 29.8. The van der Waals surface area contributed by atoms with Crippen LogP contribution in [-0.2, 0) is 66.8 Å². The molecule has 1 saturated carbocycles. The van der Waals surface area contributed by atoms with Gasteiger partial charge in [-0.15, -0.1) is 0 Å². The summed E-state index contributed by atoms with van der Waals surface area (Å²) in [6, 6.07) is 0. The Kier molecular flexibility index (Phi) is 12.7. The minimum Gasteiger partial charge on any atom is -0.458 e. The molecule has 1 unspecified atom stereocenters. The molecular formula is C35H46O14. The van der Waals surface area contributed by atoms with E-state index in [-0.39, 0.29) is 5.57 Å². The van der Waals surface area contributed by atoms with Gasteiger partial charge in [-0.2, -0.15) is 0 Å². The Balaban J connectivity index is 3.23. The molecule has 0 spiro atoms. The largest absolute Gasteiger partial charge is 0.458 e. The van der Waals surface area contributed by atoms with Gasteiger partial charge in [-0.25, -0.2) is 4.79 Å². The average Bonchev–Trinajstić information content (AvgIpc) is 3.19. The average molecular weight is 691 g/mol. The van der Waals surface area contributed by atoms with Gasteiger partial charge < -0.3 is 28.4 Å². The van der Waals surface area contributed by atoms with Crippen LogP contribution >= 0.6 is 0 Å². The van der Waals surface area contributed by atoms with Crippen LogP contribution in [0.1, 0.15) is 82.6 Å². The molecule has 0 radical (unpaired) electrons. The van der Waals surface area contributed by atoms with Gasteiger partial charge in [-0.3, -0.25) is 33.6 Å². The van der Waals surface area contributed by atoms with Crippen LogP contribution in [0.15, 0.2) is 36.0 Å². The van der Waals surface area contributed by atoms with Crippen molar-refractivity contribution < 1.29 is 66.8 Å². The summed E-state index contributed by atoms with van der Waals surface area (Å²) in [5.41, 5.74) is -6.04. The zero-order valence-electron chi connectivity index (χ0n) is 29.8. The Morgan fingerprint density at radius 2 is 1.24 bits per heavy atom. The number of allylic oxidation sites excluding steroid dienone is 3. The van der Waals surface area contributed by atoms with Gasteiger partial charge in [0, 0.05) is 63.5 Å². The quantitative estimate of drug-likeness (QED) is 0.164. The Morgan fingerprint density at radius 3 is 1.71 bits per heavy atom. The molecular weight excluding hydrogens is 644 g/mol. The fourth-order valence-electron chi connectivity index (χ4n) is 6.35. The van der Waals surface area contributed by atoms with Crippen molar-refractivity contribution in [1.82, 2.24) is 0 Å². The highest BCUT2D eigenvalue weighted by Gasteiger charge is 2.72. The fourth-order valence-corrected chi connectivity index (χ4v) is 6.35. The Bertz CT molecular complexity index is 1480. The van der Waals surface area contributed by atoms with Gasteiger partial charge in [-0.1, -0.05) is 31.7 Å². The summed E-state index contributed by atoms with van der Waals surface area (Å²) in [7, 11) is 0. The summed E-state index contributed by atoms with van der Waals surface area (Å²) in [5.74, 6) is -10.1. The van der Waals surface area contributed by atoms with Crippen molar-refractivity contribution in [2.24, 2.45) is 17.3 Å². The van der Waals surface area contributed by atoms with Gasteiger partial charge in [-0.05, 0) is 34.6 Å². The summed E-state index contributed by atoms with van der Waals surface area (Å²) in [6.07, 6.45) is -3.71. The Labute approximate surface area is 285 Å². The lowest BCUT2D eigenvalue weighted by Crippen LogP contribution is -2.58. The van der Waals surface area contributed by atoms with Crippen molar-refractivity contribution >= 4 is 47.4 Å². The van der Waals surface area contributed by atoms with Crippen LogP contribution in [0.2, 0.25) is 0 Å². The number of esters is 6. The predicted octanol–water partition coefficient (Wildman–Crippen LogP) is 3.23. The normalized spacial score (nSPS) is 32.3. The number of carbonyl (C=O) groups is 8. The molecule has 14 heteroatoms. The highest BCUT2D eigenvalue weighted by atomic mass is 16.6. The molecule has 0 aromatic carbocycles. The second-order valence-corrected chi connectivity index (χ2v) is 13.2. The van der Waals surface area contributed by atoms with Crippen LogP contribution in [0.4, 0.5) is 0 Å². The lowest BCUT2D eigenvalue weighted by atomic mass is 9.72. The number of ether oxygens (including phenoxy) is 6. The van der Waals surface area contributed by atoms with Crippen LogP contribution < -0.4 is 0 Å². The van der Waals surface area contributed by atoms with Gasteiger partial charge in [0.1, 0.15) is 6.10 Å². The van der Waals surface area contributed by atoms with Gasteiger partial charge in [0.2, 0.25) is 6.10 Å². The van der Waals surface area contributed by atoms with Gasteiger partial charge >= 0.3 is 35.8 Å². The second-order valence-electron chi connectivity index (χ2n) is 13.2. The number of carbonyl (C=O) groups excluding carboxylic acids is 8. The molecule has 0 heterocycles. The summed E-state index contributed by atoms with van der Waals surface area (Å²) >= 11 is 0. The zero-order chi connectivity index (χ0) is 37.8. The first-order valence-electron chi connectivity index (χ1n) is 15.7. The first-order valence-corrected chi connectivity index (χ1v) is 15.7. The van der Waals surface area contributed by atoms with Gasteiger partial charge in [0.15, 0.2) is 35.0 Å². The predicted molar refractivity (Wildman–Crippen MR) is 170 cm³/mol. The molecule has 0 saturated heterocycles. The van der Waals surface area contributed by atoms with Crippen molar-refractivity contribution in [3.63, 3.8) is 0 Å². The number of hydrogen-bond acceptors (Lipinski definition) is 14. The van der Waals surface area contributed by atoms with E-state index in [0.717, 1.165) is 34.6 Å². The summed E-state index contributed by atoms with van der Waals surface area (Å²) in [4.78, 5) is 106. The molecule has 8 atom stereocenters. The minimum atomic E-state index is -2.36. The van der Waals surface area contributed by atoms with E-state index in [0.29, 0.717) is 0 Å². The van der Waals surface area contributed by atoms with Crippen LogP contribution in [0.3, 0.4) is 0 Å². The van der Waals surface area contributed by atoms with E-state index in [9.17, 15) is 38.4 Å². The van der Waals surface area contributed by atoms with Crippen molar-refractivity contribution in [2.45, 2.75) is 118 Å². The number of Topliss-reactive ketones (excluding diaryl/α,β-unsaturated/α-hetero) is 2. The highest BCUT2D eigenvalue weighted by molar-refractivity contribution is 5.97. The van der Waals surface area contributed by atoms with Crippen molar-refractivity contribution in [3.8, 4) is 0 Å². The van der Waals surface area contributed by atoms with Crippen LogP contribution in [0.25, 0.3) is 0 Å². The summed E-state index contributed by atoms with van der Waals surface area (Å²) in [5, 5.41) is 0. The topological polar surface area (TPSA) is 192 Å². The molecule has 0 aromatic rings. The second kappa shape index (κ2) is 15.3. The number of ketones is 2. The molecule has 0 aromatic heterocycles. The maximum absolute atomic E-state index is 14.7. The molecule has 2 aliphatic carbocycles. The van der Waals surface area contributed by atoms with Crippen LogP contribution in [0, 0.1) is 17.3 Å². The highest BCUT2D eigenvalue weighted by Crippen LogP contribution is 2.54.